The van der Waals surface area contributed by atoms with Gasteiger partial charge in [0.25, 0.3) is 0 Å². The Balaban J connectivity index is 2.62. The third kappa shape index (κ3) is 4.44. The molecule has 0 aliphatic rings. The van der Waals surface area contributed by atoms with Gasteiger partial charge in [-0.05, 0) is 24.1 Å². The maximum atomic E-state index is 11.2. The Morgan fingerprint density at radius 2 is 2.06 bits per heavy atom. The van der Waals surface area contributed by atoms with Crippen LogP contribution in [0.25, 0.3) is 0 Å². The minimum atomic E-state index is -0.333. The highest BCUT2D eigenvalue weighted by Crippen LogP contribution is 2.04. The summed E-state index contributed by atoms with van der Waals surface area (Å²) in [6.07, 6.45) is 2.62. The number of carbonyl (C=O) groups excluding carboxylic acids is 1. The Kier molecular flexibility index (Phi) is 5.49. The summed E-state index contributed by atoms with van der Waals surface area (Å²) >= 11 is 5.07. The van der Waals surface area contributed by atoms with Crippen molar-refractivity contribution in [2.24, 2.45) is 4.99 Å². The van der Waals surface area contributed by atoms with Crippen molar-refractivity contribution in [2.75, 3.05) is 13.7 Å². The van der Waals surface area contributed by atoms with E-state index in [0.717, 1.165) is 16.8 Å². The van der Waals surface area contributed by atoms with Crippen LogP contribution in [0.1, 0.15) is 29.3 Å². The van der Waals surface area contributed by atoms with Crippen molar-refractivity contribution in [1.29, 1.82) is 0 Å². The second-order valence-electron chi connectivity index (χ2n) is 3.48. The van der Waals surface area contributed by atoms with Gasteiger partial charge >= 0.3 is 5.97 Å². The van der Waals surface area contributed by atoms with Crippen LogP contribution in [0.2, 0.25) is 0 Å². The zero-order valence-corrected chi connectivity index (χ0v) is 10.8. The Hall–Kier alpha value is -1.55. The molecule has 0 bridgehead atoms. The van der Waals surface area contributed by atoms with E-state index in [0.29, 0.717) is 12.1 Å². The van der Waals surface area contributed by atoms with Gasteiger partial charge in [-0.25, -0.2) is 4.79 Å². The average molecular weight is 249 g/mol. The summed E-state index contributed by atoms with van der Waals surface area (Å²) in [7, 11) is 1.36. The van der Waals surface area contributed by atoms with E-state index in [2.05, 4.69) is 9.73 Å². The van der Waals surface area contributed by atoms with E-state index in [1.807, 2.05) is 19.1 Å². The molecule has 0 atom stereocenters. The van der Waals surface area contributed by atoms with Crippen molar-refractivity contribution in [3.8, 4) is 0 Å². The van der Waals surface area contributed by atoms with Gasteiger partial charge in [-0.1, -0.05) is 31.3 Å². The highest BCUT2D eigenvalue weighted by Gasteiger charge is 2.03. The molecule has 0 saturated carbocycles. The molecule has 0 amide bonds. The summed E-state index contributed by atoms with van der Waals surface area (Å²) in [5, 5.41) is 0. The Morgan fingerprint density at radius 1 is 1.41 bits per heavy atom. The van der Waals surface area contributed by atoms with E-state index in [9.17, 15) is 4.79 Å². The topological polar surface area (TPSA) is 38.7 Å². The van der Waals surface area contributed by atoms with Crippen LogP contribution in [0, 0.1) is 0 Å². The predicted octanol–water partition coefficient (Wildman–Crippen LogP) is 2.67. The highest BCUT2D eigenvalue weighted by atomic mass is 32.1. The standard InChI is InChI=1S/C13H15NO2S/c1-3-12(17)9-14-8-10-4-6-11(7-5-10)13(15)16-2/h4-8H,3,9H2,1-2H3. The normalized spacial score (nSPS) is 10.5. The molecule has 0 saturated heterocycles. The van der Waals surface area contributed by atoms with E-state index in [-0.39, 0.29) is 5.97 Å². The molecule has 3 nitrogen and oxygen atoms in total. The molecule has 1 rings (SSSR count). The number of nitrogens with zero attached hydrogens (tertiary/aromatic N) is 1. The van der Waals surface area contributed by atoms with Gasteiger partial charge in [0, 0.05) is 11.1 Å². The fourth-order valence-corrected chi connectivity index (χ4v) is 1.26. The van der Waals surface area contributed by atoms with Crippen LogP contribution in [0.5, 0.6) is 0 Å². The van der Waals surface area contributed by atoms with Crippen molar-refractivity contribution < 1.29 is 9.53 Å². The Labute approximate surface area is 107 Å². The third-order valence-electron chi connectivity index (χ3n) is 2.23. The van der Waals surface area contributed by atoms with Crippen LogP contribution in [-0.4, -0.2) is 30.7 Å². The molecule has 0 fully saturated rings. The lowest BCUT2D eigenvalue weighted by Gasteiger charge is -1.99. The second kappa shape index (κ2) is 6.91. The summed E-state index contributed by atoms with van der Waals surface area (Å²) in [5.41, 5.74) is 1.48. The molecular formula is C13H15NO2S. The first kappa shape index (κ1) is 13.5. The SMILES string of the molecule is CCC(=S)CN=Cc1ccc(C(=O)OC)cc1. The van der Waals surface area contributed by atoms with Crippen LogP contribution < -0.4 is 0 Å². The van der Waals surface area contributed by atoms with Crippen molar-refractivity contribution in [1.82, 2.24) is 0 Å². The summed E-state index contributed by atoms with van der Waals surface area (Å²) in [6, 6.07) is 7.08. The van der Waals surface area contributed by atoms with Gasteiger partial charge in [-0.3, -0.25) is 4.99 Å². The number of benzene rings is 1. The zero-order valence-electron chi connectivity index (χ0n) is 9.97. The van der Waals surface area contributed by atoms with Gasteiger partial charge in [0.05, 0.1) is 19.2 Å². The monoisotopic (exact) mass is 249 g/mol. The quantitative estimate of drug-likeness (QED) is 0.457. The van der Waals surface area contributed by atoms with E-state index < -0.39 is 0 Å². The largest absolute Gasteiger partial charge is 0.465 e. The summed E-state index contributed by atoms with van der Waals surface area (Å²) in [4.78, 5) is 16.4. The molecule has 0 heterocycles. The maximum absolute atomic E-state index is 11.2. The van der Waals surface area contributed by atoms with E-state index in [1.54, 1.807) is 18.3 Å². The number of hydrogen-bond donors (Lipinski definition) is 0. The van der Waals surface area contributed by atoms with Gasteiger partial charge < -0.3 is 4.74 Å². The van der Waals surface area contributed by atoms with Gasteiger partial charge in [0.15, 0.2) is 0 Å². The Bertz CT molecular complexity index is 424. The molecule has 1 aromatic rings. The van der Waals surface area contributed by atoms with Crippen molar-refractivity contribution >= 4 is 29.3 Å². The van der Waals surface area contributed by atoms with Crippen LogP contribution in [0.4, 0.5) is 0 Å². The fourth-order valence-electron chi connectivity index (χ4n) is 1.19. The molecule has 1 aromatic carbocycles. The second-order valence-corrected chi connectivity index (χ2v) is 4.05. The van der Waals surface area contributed by atoms with Gasteiger partial charge in [-0.2, -0.15) is 0 Å². The summed E-state index contributed by atoms with van der Waals surface area (Å²) < 4.78 is 4.61. The van der Waals surface area contributed by atoms with Crippen molar-refractivity contribution in [3.05, 3.63) is 35.4 Å². The van der Waals surface area contributed by atoms with E-state index in [4.69, 9.17) is 12.2 Å². The molecule has 90 valence electrons. The van der Waals surface area contributed by atoms with Gasteiger partial charge in [0.1, 0.15) is 0 Å². The summed E-state index contributed by atoms with van der Waals surface area (Å²) in [6.45, 7) is 2.59. The smallest absolute Gasteiger partial charge is 0.337 e. The minimum Gasteiger partial charge on any atom is -0.465 e. The minimum absolute atomic E-state index is 0.333. The van der Waals surface area contributed by atoms with E-state index in [1.165, 1.54) is 7.11 Å². The fraction of sp³-hybridized carbons (Fsp3) is 0.308. The van der Waals surface area contributed by atoms with Crippen LogP contribution >= 0.6 is 12.2 Å². The van der Waals surface area contributed by atoms with Gasteiger partial charge in [0.2, 0.25) is 0 Å². The van der Waals surface area contributed by atoms with Crippen molar-refractivity contribution in [3.63, 3.8) is 0 Å². The third-order valence-corrected chi connectivity index (χ3v) is 2.65. The number of methoxy groups -OCH3 is 1. The van der Waals surface area contributed by atoms with Crippen LogP contribution in [-0.2, 0) is 4.74 Å². The molecule has 0 radical (unpaired) electrons. The molecular weight excluding hydrogens is 234 g/mol. The first-order chi connectivity index (χ1) is 8.17. The lowest BCUT2D eigenvalue weighted by Crippen LogP contribution is -2.01. The number of esters is 1. The predicted molar refractivity (Wildman–Crippen MR) is 73.1 cm³/mol. The number of carbonyl (C=O) groups is 1. The van der Waals surface area contributed by atoms with Crippen LogP contribution in [0.3, 0.4) is 0 Å². The first-order valence-corrected chi connectivity index (χ1v) is 5.78. The lowest BCUT2D eigenvalue weighted by atomic mass is 10.1. The van der Waals surface area contributed by atoms with E-state index >= 15 is 0 Å². The molecule has 4 heteroatoms. The summed E-state index contributed by atoms with van der Waals surface area (Å²) in [5.74, 6) is -0.333. The molecule has 0 N–H and O–H groups in total. The number of aliphatic imine (C=N–C) groups is 1. The first-order valence-electron chi connectivity index (χ1n) is 5.37. The number of thiocarbonyl (C=S) groups is 1. The van der Waals surface area contributed by atoms with Gasteiger partial charge in [-0.15, -0.1) is 0 Å². The lowest BCUT2D eigenvalue weighted by molar-refractivity contribution is 0.0601. The average Bonchev–Trinajstić information content (AvgIpc) is 2.38. The number of ether oxygens (including phenoxy) is 1. The number of rotatable bonds is 5. The molecule has 0 aromatic heterocycles. The molecule has 0 aliphatic heterocycles. The highest BCUT2D eigenvalue weighted by molar-refractivity contribution is 7.80. The molecule has 0 unspecified atom stereocenters. The maximum Gasteiger partial charge on any atom is 0.337 e. The molecule has 0 aliphatic carbocycles. The molecule has 0 spiro atoms. The zero-order chi connectivity index (χ0) is 12.7. The van der Waals surface area contributed by atoms with Crippen molar-refractivity contribution in [2.45, 2.75) is 13.3 Å². The molecule has 17 heavy (non-hydrogen) atoms. The Morgan fingerprint density at radius 3 is 2.59 bits per heavy atom. The number of hydrogen-bond acceptors (Lipinski definition) is 4. The van der Waals surface area contributed by atoms with Crippen LogP contribution in [0.15, 0.2) is 29.3 Å².